The Morgan fingerprint density at radius 3 is 2.56 bits per heavy atom. The maximum absolute atomic E-state index is 12.7. The van der Waals surface area contributed by atoms with Crippen LogP contribution in [0.25, 0.3) is 0 Å². The van der Waals surface area contributed by atoms with E-state index < -0.39 is 0 Å². The summed E-state index contributed by atoms with van der Waals surface area (Å²) in [6.45, 7) is 0. The van der Waals surface area contributed by atoms with E-state index in [4.69, 9.17) is 10.5 Å². The van der Waals surface area contributed by atoms with E-state index in [-0.39, 0.29) is 47.0 Å². The van der Waals surface area contributed by atoms with Crippen LogP contribution in [0.3, 0.4) is 0 Å². The molecule has 4 saturated carbocycles. The number of aromatic nitrogens is 1. The van der Waals surface area contributed by atoms with Gasteiger partial charge in [0.1, 0.15) is 5.75 Å². The standard InChI is InChI=1S/C19H26BrN3O3.ClH/c1-23-9-14(20)15(8-16(23)24)26-13-4-2-12(3-5-13)22-17(25)18-6-7-19(21,10-18)11-18;/h8-9,12-13H,2-7,10-11,21H2,1H3,(H,22,25);1H. The number of carbonyl (C=O) groups is 1. The third-order valence-electron chi connectivity index (χ3n) is 6.41. The topological polar surface area (TPSA) is 86.3 Å². The molecule has 150 valence electrons. The molecule has 0 radical (unpaired) electrons. The predicted octanol–water partition coefficient (Wildman–Crippen LogP) is 2.65. The summed E-state index contributed by atoms with van der Waals surface area (Å²) in [6, 6.07) is 1.74. The molecule has 1 heterocycles. The van der Waals surface area contributed by atoms with E-state index in [0.29, 0.717) is 5.75 Å². The first-order chi connectivity index (χ1) is 12.3. The van der Waals surface area contributed by atoms with Crippen LogP contribution < -0.4 is 21.3 Å². The number of fused-ring (bicyclic) bond motifs is 1. The third kappa shape index (κ3) is 3.91. The van der Waals surface area contributed by atoms with E-state index in [2.05, 4.69) is 21.2 Å². The lowest BCUT2D eigenvalue weighted by Gasteiger charge is -2.44. The van der Waals surface area contributed by atoms with Crippen molar-refractivity contribution in [3.05, 3.63) is 27.1 Å². The molecule has 1 amide bonds. The summed E-state index contributed by atoms with van der Waals surface area (Å²) in [6.07, 6.45) is 8.98. The summed E-state index contributed by atoms with van der Waals surface area (Å²) in [5.74, 6) is 0.800. The number of nitrogens with zero attached hydrogens (tertiary/aromatic N) is 1. The SMILES string of the molecule is Cl.Cn1cc(Br)c(OC2CCC(NC(=O)C34CCC(N)(C3)C4)CC2)cc1=O. The first kappa shape index (κ1) is 20.7. The van der Waals surface area contributed by atoms with Crippen LogP contribution in [0, 0.1) is 5.41 Å². The van der Waals surface area contributed by atoms with Crippen molar-refractivity contribution in [3.8, 4) is 5.75 Å². The zero-order valence-corrected chi connectivity index (χ0v) is 17.9. The lowest BCUT2D eigenvalue weighted by molar-refractivity contribution is -0.136. The summed E-state index contributed by atoms with van der Waals surface area (Å²) in [7, 11) is 1.71. The summed E-state index contributed by atoms with van der Waals surface area (Å²) < 4.78 is 8.33. The Kier molecular flexibility index (Phi) is 5.67. The molecule has 4 aliphatic carbocycles. The molecular weight excluding hydrogens is 434 g/mol. The van der Waals surface area contributed by atoms with Gasteiger partial charge in [0, 0.05) is 30.9 Å². The van der Waals surface area contributed by atoms with Crippen LogP contribution in [-0.4, -0.2) is 28.2 Å². The number of ether oxygens (including phenoxy) is 1. The largest absolute Gasteiger partial charge is 0.489 e. The molecule has 6 nitrogen and oxygen atoms in total. The van der Waals surface area contributed by atoms with Crippen LogP contribution in [0.5, 0.6) is 5.75 Å². The van der Waals surface area contributed by atoms with E-state index in [1.165, 1.54) is 10.6 Å². The summed E-state index contributed by atoms with van der Waals surface area (Å²) in [5, 5.41) is 3.26. The Labute approximate surface area is 173 Å². The lowest BCUT2D eigenvalue weighted by atomic mass is 9.65. The maximum Gasteiger partial charge on any atom is 0.254 e. The van der Waals surface area contributed by atoms with Crippen LogP contribution in [0.15, 0.2) is 21.5 Å². The van der Waals surface area contributed by atoms with Gasteiger partial charge in [0.05, 0.1) is 16.0 Å². The van der Waals surface area contributed by atoms with Crippen LogP contribution in [0.1, 0.15) is 51.4 Å². The fourth-order valence-corrected chi connectivity index (χ4v) is 5.44. The monoisotopic (exact) mass is 459 g/mol. The quantitative estimate of drug-likeness (QED) is 0.723. The lowest BCUT2D eigenvalue weighted by Crippen LogP contribution is -2.57. The molecule has 2 bridgehead atoms. The van der Waals surface area contributed by atoms with Gasteiger partial charge < -0.3 is 20.4 Å². The Morgan fingerprint density at radius 2 is 1.96 bits per heavy atom. The van der Waals surface area contributed by atoms with Gasteiger partial charge in [-0.2, -0.15) is 0 Å². The second-order valence-electron chi connectivity index (χ2n) is 8.50. The average molecular weight is 461 g/mol. The van der Waals surface area contributed by atoms with E-state index in [0.717, 1.165) is 55.8 Å². The molecule has 1 aromatic rings. The van der Waals surface area contributed by atoms with Gasteiger partial charge in [0.15, 0.2) is 0 Å². The molecule has 4 fully saturated rings. The molecule has 0 spiro atoms. The normalized spacial score (nSPS) is 34.3. The Hall–Kier alpha value is -1.05. The van der Waals surface area contributed by atoms with Crippen molar-refractivity contribution in [1.82, 2.24) is 9.88 Å². The van der Waals surface area contributed by atoms with Crippen molar-refractivity contribution >= 4 is 34.2 Å². The van der Waals surface area contributed by atoms with Gasteiger partial charge in [0.2, 0.25) is 5.91 Å². The van der Waals surface area contributed by atoms with Gasteiger partial charge in [0.25, 0.3) is 5.56 Å². The Morgan fingerprint density at radius 1 is 1.30 bits per heavy atom. The molecular formula is C19H27BrClN3O3. The number of nitrogens with one attached hydrogen (secondary N) is 1. The van der Waals surface area contributed by atoms with E-state index >= 15 is 0 Å². The number of pyridine rings is 1. The van der Waals surface area contributed by atoms with Gasteiger partial charge >= 0.3 is 0 Å². The molecule has 0 aromatic carbocycles. The fraction of sp³-hybridized carbons (Fsp3) is 0.684. The molecule has 0 atom stereocenters. The minimum absolute atomic E-state index is 0. The Balaban J connectivity index is 0.00000210. The molecule has 8 heteroatoms. The minimum atomic E-state index is -0.183. The van der Waals surface area contributed by atoms with Crippen LogP contribution in [-0.2, 0) is 11.8 Å². The van der Waals surface area contributed by atoms with Crippen LogP contribution >= 0.6 is 28.3 Å². The van der Waals surface area contributed by atoms with E-state index in [9.17, 15) is 9.59 Å². The number of hydrogen-bond acceptors (Lipinski definition) is 4. The second-order valence-corrected chi connectivity index (χ2v) is 9.35. The Bertz CT molecular complexity index is 783. The highest BCUT2D eigenvalue weighted by Crippen LogP contribution is 2.60. The zero-order chi connectivity index (χ0) is 18.5. The van der Waals surface area contributed by atoms with Gasteiger partial charge in [-0.3, -0.25) is 9.59 Å². The molecule has 27 heavy (non-hydrogen) atoms. The molecule has 4 aliphatic rings. The number of amides is 1. The number of halogens is 2. The van der Waals surface area contributed by atoms with Gasteiger partial charge in [-0.15, -0.1) is 12.4 Å². The first-order valence-corrected chi connectivity index (χ1v) is 10.2. The highest BCUT2D eigenvalue weighted by molar-refractivity contribution is 9.10. The first-order valence-electron chi connectivity index (χ1n) is 9.41. The second kappa shape index (κ2) is 7.41. The summed E-state index contributed by atoms with van der Waals surface area (Å²) >= 11 is 3.45. The van der Waals surface area contributed by atoms with Crippen molar-refractivity contribution in [3.63, 3.8) is 0 Å². The number of aryl methyl sites for hydroxylation is 1. The van der Waals surface area contributed by atoms with Crippen molar-refractivity contribution in [2.45, 2.75) is 69.1 Å². The highest BCUT2D eigenvalue weighted by Gasteiger charge is 2.62. The maximum atomic E-state index is 12.7. The summed E-state index contributed by atoms with van der Waals surface area (Å²) in [5.41, 5.74) is 5.86. The predicted molar refractivity (Wildman–Crippen MR) is 109 cm³/mol. The van der Waals surface area contributed by atoms with Crippen molar-refractivity contribution in [1.29, 1.82) is 0 Å². The van der Waals surface area contributed by atoms with E-state index in [1.807, 2.05) is 0 Å². The van der Waals surface area contributed by atoms with Crippen molar-refractivity contribution in [2.24, 2.45) is 18.2 Å². The number of rotatable bonds is 4. The third-order valence-corrected chi connectivity index (χ3v) is 7.01. The van der Waals surface area contributed by atoms with Gasteiger partial charge in [-0.1, -0.05) is 0 Å². The molecule has 0 aliphatic heterocycles. The fourth-order valence-electron chi connectivity index (χ4n) is 4.93. The molecule has 3 N–H and O–H groups in total. The molecule has 1 aromatic heterocycles. The number of hydrogen-bond donors (Lipinski definition) is 2. The number of nitrogens with two attached hydrogens (primary N) is 1. The molecule has 0 unspecified atom stereocenters. The van der Waals surface area contributed by atoms with Gasteiger partial charge in [-0.05, 0) is 67.3 Å². The highest BCUT2D eigenvalue weighted by atomic mass is 79.9. The smallest absolute Gasteiger partial charge is 0.254 e. The molecule has 0 saturated heterocycles. The van der Waals surface area contributed by atoms with Crippen molar-refractivity contribution in [2.75, 3.05) is 0 Å². The average Bonchev–Trinajstić information content (AvgIpc) is 3.09. The van der Waals surface area contributed by atoms with Crippen LogP contribution in [0.4, 0.5) is 0 Å². The van der Waals surface area contributed by atoms with Crippen LogP contribution in [0.2, 0.25) is 0 Å². The summed E-state index contributed by atoms with van der Waals surface area (Å²) in [4.78, 5) is 24.5. The van der Waals surface area contributed by atoms with Crippen molar-refractivity contribution < 1.29 is 9.53 Å². The molecule has 5 rings (SSSR count). The minimum Gasteiger partial charge on any atom is -0.489 e. The van der Waals surface area contributed by atoms with Gasteiger partial charge in [-0.25, -0.2) is 0 Å². The zero-order valence-electron chi connectivity index (χ0n) is 15.5. The van der Waals surface area contributed by atoms with E-state index in [1.54, 1.807) is 13.2 Å². The number of carbonyl (C=O) groups excluding carboxylic acids is 1.